The molecule has 2 aliphatic rings. The molecule has 20 heavy (non-hydrogen) atoms. The monoisotopic (exact) mass is 275 g/mol. The summed E-state index contributed by atoms with van der Waals surface area (Å²) in [6.07, 6.45) is 5.21. The predicted octanol–water partition coefficient (Wildman–Crippen LogP) is 1.49. The number of nitrogens with zero attached hydrogens (tertiary/aromatic N) is 3. The van der Waals surface area contributed by atoms with Crippen LogP contribution in [0.1, 0.15) is 36.7 Å². The molecule has 0 saturated carbocycles. The Kier molecular flexibility index (Phi) is 3.61. The number of carbonyl (C=O) groups excluding carboxylic acids is 1. The lowest BCUT2D eigenvalue weighted by atomic mass is 9.97. The van der Waals surface area contributed by atoms with E-state index in [2.05, 4.69) is 16.8 Å². The van der Waals surface area contributed by atoms with E-state index in [1.54, 1.807) is 12.3 Å². The van der Waals surface area contributed by atoms with Crippen molar-refractivity contribution in [3.05, 3.63) is 24.0 Å². The largest absolute Gasteiger partial charge is 0.505 e. The van der Waals surface area contributed by atoms with Crippen molar-refractivity contribution in [1.82, 2.24) is 14.8 Å². The van der Waals surface area contributed by atoms with Gasteiger partial charge in [0.15, 0.2) is 5.69 Å². The van der Waals surface area contributed by atoms with Crippen molar-refractivity contribution in [3.63, 3.8) is 0 Å². The molecule has 0 radical (unpaired) electrons. The van der Waals surface area contributed by atoms with Gasteiger partial charge in [-0.25, -0.2) is 4.98 Å². The summed E-state index contributed by atoms with van der Waals surface area (Å²) in [6, 6.07) is 3.78. The molecule has 0 aromatic carbocycles. The Balaban J connectivity index is 1.79. The van der Waals surface area contributed by atoms with E-state index >= 15 is 0 Å². The molecule has 1 aromatic heterocycles. The number of piperazine rings is 1. The fourth-order valence-corrected chi connectivity index (χ4v) is 3.33. The van der Waals surface area contributed by atoms with Crippen LogP contribution >= 0.6 is 0 Å². The maximum Gasteiger partial charge on any atom is 0.276 e. The van der Waals surface area contributed by atoms with Crippen molar-refractivity contribution >= 4 is 5.91 Å². The van der Waals surface area contributed by atoms with Gasteiger partial charge in [-0.2, -0.15) is 0 Å². The highest BCUT2D eigenvalue weighted by atomic mass is 16.3. The van der Waals surface area contributed by atoms with E-state index in [-0.39, 0.29) is 23.4 Å². The van der Waals surface area contributed by atoms with Gasteiger partial charge >= 0.3 is 0 Å². The lowest BCUT2D eigenvalue weighted by Crippen LogP contribution is -2.60. The van der Waals surface area contributed by atoms with Crippen molar-refractivity contribution in [2.75, 3.05) is 19.6 Å². The maximum absolute atomic E-state index is 12.6. The Labute approximate surface area is 119 Å². The van der Waals surface area contributed by atoms with Crippen LogP contribution < -0.4 is 0 Å². The average molecular weight is 275 g/mol. The minimum atomic E-state index is -0.152. The molecule has 2 atom stereocenters. The molecule has 1 amide bonds. The topological polar surface area (TPSA) is 56.7 Å². The second kappa shape index (κ2) is 5.40. The minimum Gasteiger partial charge on any atom is -0.505 e. The van der Waals surface area contributed by atoms with Gasteiger partial charge in [0, 0.05) is 31.4 Å². The van der Waals surface area contributed by atoms with Crippen molar-refractivity contribution in [2.24, 2.45) is 0 Å². The molecule has 1 N–H and O–H groups in total. The van der Waals surface area contributed by atoms with Crippen LogP contribution in [0.25, 0.3) is 0 Å². The number of fused-ring (bicyclic) bond motifs is 1. The number of aromatic nitrogens is 1. The van der Waals surface area contributed by atoms with Gasteiger partial charge in [-0.15, -0.1) is 0 Å². The number of hydrogen-bond donors (Lipinski definition) is 1. The van der Waals surface area contributed by atoms with Crippen LogP contribution in [0, 0.1) is 0 Å². The molecule has 2 fully saturated rings. The summed E-state index contributed by atoms with van der Waals surface area (Å²) in [5, 5.41) is 9.81. The quantitative estimate of drug-likeness (QED) is 0.843. The molecule has 2 unspecified atom stereocenters. The van der Waals surface area contributed by atoms with Crippen molar-refractivity contribution in [2.45, 2.75) is 38.3 Å². The molecule has 3 heterocycles. The molecule has 2 aliphatic heterocycles. The molecule has 0 spiro atoms. The van der Waals surface area contributed by atoms with Crippen LogP contribution in [0.5, 0.6) is 5.75 Å². The first kappa shape index (κ1) is 13.4. The van der Waals surface area contributed by atoms with Gasteiger partial charge in [0.2, 0.25) is 0 Å². The number of amides is 1. The number of hydrogen-bond acceptors (Lipinski definition) is 4. The van der Waals surface area contributed by atoms with Crippen LogP contribution in [-0.2, 0) is 0 Å². The van der Waals surface area contributed by atoms with Gasteiger partial charge in [-0.05, 0) is 38.4 Å². The van der Waals surface area contributed by atoms with E-state index in [9.17, 15) is 9.90 Å². The Bertz CT molecular complexity index is 506. The van der Waals surface area contributed by atoms with Gasteiger partial charge in [-0.3, -0.25) is 9.69 Å². The number of carbonyl (C=O) groups is 1. The highest BCUT2D eigenvalue weighted by Gasteiger charge is 2.36. The zero-order valence-electron chi connectivity index (χ0n) is 11.8. The Morgan fingerprint density at radius 2 is 2.25 bits per heavy atom. The number of rotatable bonds is 1. The van der Waals surface area contributed by atoms with Crippen molar-refractivity contribution in [1.29, 1.82) is 0 Å². The van der Waals surface area contributed by atoms with E-state index in [0.717, 1.165) is 26.1 Å². The molecule has 5 heteroatoms. The maximum atomic E-state index is 12.6. The van der Waals surface area contributed by atoms with Gasteiger partial charge in [0.25, 0.3) is 5.91 Å². The fourth-order valence-electron chi connectivity index (χ4n) is 3.33. The molecule has 3 rings (SSSR count). The molecule has 0 bridgehead atoms. The van der Waals surface area contributed by atoms with Crippen LogP contribution in [0.2, 0.25) is 0 Å². The Morgan fingerprint density at radius 1 is 1.40 bits per heavy atom. The lowest BCUT2D eigenvalue weighted by Gasteiger charge is -2.47. The van der Waals surface area contributed by atoms with E-state index < -0.39 is 0 Å². The number of aromatic hydroxyl groups is 1. The fraction of sp³-hybridized carbons (Fsp3) is 0.600. The van der Waals surface area contributed by atoms with Crippen LogP contribution in [0.15, 0.2) is 18.3 Å². The first-order valence-electron chi connectivity index (χ1n) is 7.36. The third-order valence-corrected chi connectivity index (χ3v) is 4.44. The summed E-state index contributed by atoms with van der Waals surface area (Å²) in [6.45, 7) is 4.88. The second-order valence-corrected chi connectivity index (χ2v) is 5.82. The van der Waals surface area contributed by atoms with Crippen LogP contribution in [0.4, 0.5) is 0 Å². The summed E-state index contributed by atoms with van der Waals surface area (Å²) in [4.78, 5) is 21.0. The third kappa shape index (κ3) is 2.38. The zero-order valence-corrected chi connectivity index (χ0v) is 11.8. The van der Waals surface area contributed by atoms with Gasteiger partial charge in [-0.1, -0.05) is 6.42 Å². The molecule has 2 saturated heterocycles. The minimum absolute atomic E-state index is 0.0317. The highest BCUT2D eigenvalue weighted by Crippen LogP contribution is 2.26. The van der Waals surface area contributed by atoms with E-state index in [4.69, 9.17) is 0 Å². The standard InChI is InChI=1S/C15H21N3O2/c1-11-9-17-8-3-2-5-12(17)10-18(11)15(20)14-13(19)6-4-7-16-14/h4,6-7,11-12,19H,2-3,5,8-10H2,1H3. The summed E-state index contributed by atoms with van der Waals surface area (Å²) < 4.78 is 0. The molecule has 5 nitrogen and oxygen atoms in total. The molecule has 108 valence electrons. The Morgan fingerprint density at radius 3 is 3.05 bits per heavy atom. The van der Waals surface area contributed by atoms with Gasteiger partial charge < -0.3 is 10.0 Å². The Hall–Kier alpha value is -1.62. The average Bonchev–Trinajstić information content (AvgIpc) is 2.46. The first-order valence-corrected chi connectivity index (χ1v) is 7.36. The summed E-state index contributed by atoms with van der Waals surface area (Å²) >= 11 is 0. The smallest absolute Gasteiger partial charge is 0.276 e. The predicted molar refractivity (Wildman–Crippen MR) is 75.6 cm³/mol. The van der Waals surface area contributed by atoms with E-state index in [0.29, 0.717) is 6.04 Å². The molecular formula is C15H21N3O2. The number of pyridine rings is 1. The van der Waals surface area contributed by atoms with Gasteiger partial charge in [0.1, 0.15) is 5.75 Å². The van der Waals surface area contributed by atoms with E-state index in [1.807, 2.05) is 4.90 Å². The SMILES string of the molecule is CC1CN2CCCCC2CN1C(=O)c1ncccc1O. The summed E-state index contributed by atoms with van der Waals surface area (Å²) in [5.74, 6) is -0.184. The number of piperidine rings is 1. The van der Waals surface area contributed by atoms with Crippen molar-refractivity contribution < 1.29 is 9.90 Å². The molecular weight excluding hydrogens is 254 g/mol. The summed E-state index contributed by atoms with van der Waals surface area (Å²) in [5.41, 5.74) is 0.170. The highest BCUT2D eigenvalue weighted by molar-refractivity contribution is 5.95. The first-order chi connectivity index (χ1) is 9.66. The second-order valence-electron chi connectivity index (χ2n) is 5.82. The zero-order chi connectivity index (χ0) is 14.1. The van der Waals surface area contributed by atoms with Gasteiger partial charge in [0.05, 0.1) is 0 Å². The third-order valence-electron chi connectivity index (χ3n) is 4.44. The summed E-state index contributed by atoms with van der Waals surface area (Å²) in [7, 11) is 0. The molecule has 1 aromatic rings. The van der Waals surface area contributed by atoms with Crippen molar-refractivity contribution in [3.8, 4) is 5.75 Å². The van der Waals surface area contributed by atoms with Crippen LogP contribution in [-0.4, -0.2) is 57.5 Å². The van der Waals surface area contributed by atoms with E-state index in [1.165, 1.54) is 18.9 Å². The normalized spacial score (nSPS) is 27.1. The lowest BCUT2D eigenvalue weighted by molar-refractivity contribution is 0.0146. The van der Waals surface area contributed by atoms with Crippen LogP contribution in [0.3, 0.4) is 0 Å². The molecule has 0 aliphatic carbocycles.